The third-order valence-electron chi connectivity index (χ3n) is 3.39. The van der Waals surface area contributed by atoms with Crippen molar-refractivity contribution in [3.8, 4) is 11.5 Å². The number of ether oxygens (including phenoxy) is 2. The van der Waals surface area contributed by atoms with Gasteiger partial charge < -0.3 is 25.4 Å². The molecule has 4 N–H and O–H groups in total. The second-order valence-corrected chi connectivity index (χ2v) is 6.97. The minimum absolute atomic E-state index is 0.150. The molecule has 0 spiro atoms. The van der Waals surface area contributed by atoms with Crippen molar-refractivity contribution in [1.29, 1.82) is 0 Å². The lowest BCUT2D eigenvalue weighted by Gasteiger charge is -2.33. The van der Waals surface area contributed by atoms with E-state index in [2.05, 4.69) is 0 Å². The molecule has 0 heterocycles. The molecule has 0 amide bonds. The number of phenolic OH excluding ortho intramolecular Hbond substituents is 2. The van der Waals surface area contributed by atoms with Crippen molar-refractivity contribution in [1.82, 2.24) is 0 Å². The van der Waals surface area contributed by atoms with Gasteiger partial charge in [0.2, 0.25) is 0 Å². The molecule has 7 heteroatoms. The van der Waals surface area contributed by atoms with Crippen LogP contribution in [0.2, 0.25) is 0 Å². The lowest BCUT2D eigenvalue weighted by Crippen LogP contribution is -2.43. The maximum atomic E-state index is 12.2. The van der Waals surface area contributed by atoms with Crippen LogP contribution in [0.5, 0.6) is 11.5 Å². The smallest absolute Gasteiger partial charge is 0.323 e. The first kappa shape index (κ1) is 19.8. The third-order valence-corrected chi connectivity index (χ3v) is 3.39. The lowest BCUT2D eigenvalue weighted by atomic mass is 9.92. The molecule has 0 aliphatic rings. The summed E-state index contributed by atoms with van der Waals surface area (Å²) in [5.41, 5.74) is 4.80. The van der Waals surface area contributed by atoms with Gasteiger partial charge in [-0.1, -0.05) is 6.07 Å². The molecule has 0 bridgehead atoms. The second-order valence-electron chi connectivity index (χ2n) is 6.97. The van der Waals surface area contributed by atoms with Crippen LogP contribution in [0.1, 0.15) is 39.7 Å². The van der Waals surface area contributed by atoms with E-state index in [1.54, 1.807) is 33.8 Å². The highest BCUT2D eigenvalue weighted by Gasteiger charge is 2.34. The Morgan fingerprint density at radius 2 is 1.83 bits per heavy atom. The first-order valence-electron chi connectivity index (χ1n) is 7.56. The zero-order valence-electron chi connectivity index (χ0n) is 14.4. The molecule has 0 aromatic heterocycles. The van der Waals surface area contributed by atoms with Crippen LogP contribution in [0.3, 0.4) is 0 Å². The fourth-order valence-corrected chi connectivity index (χ4v) is 2.61. The number of nitrogens with two attached hydrogens (primary N) is 1. The maximum Gasteiger partial charge on any atom is 0.323 e. The van der Waals surface area contributed by atoms with Crippen molar-refractivity contribution in [3.63, 3.8) is 0 Å². The standard InChI is InChI=1S/C17H25NO6/c1-16(2,23-10-19)9-17(3,4)24-15(22)12(18)7-11-5-6-13(20)14(21)8-11/h5-6,8,10,12,20-21H,7,9,18H2,1-4H3. The molecule has 0 aliphatic heterocycles. The molecule has 24 heavy (non-hydrogen) atoms. The minimum Gasteiger partial charge on any atom is -0.504 e. The van der Waals surface area contributed by atoms with Crippen molar-refractivity contribution in [2.24, 2.45) is 5.73 Å². The van der Waals surface area contributed by atoms with E-state index in [0.717, 1.165) is 0 Å². The van der Waals surface area contributed by atoms with Crippen LogP contribution in [-0.2, 0) is 25.5 Å². The molecular formula is C17H25NO6. The number of carbonyl (C=O) groups is 2. The number of benzene rings is 1. The SMILES string of the molecule is CC(C)(CC(C)(C)OC(=O)C(N)Cc1ccc(O)c(O)c1)OC=O. The van der Waals surface area contributed by atoms with E-state index in [1.807, 2.05) is 0 Å². The normalized spacial score (nSPS) is 13.2. The maximum absolute atomic E-state index is 12.2. The summed E-state index contributed by atoms with van der Waals surface area (Å²) in [5, 5.41) is 18.7. The number of hydrogen-bond donors (Lipinski definition) is 3. The molecule has 1 aromatic rings. The molecule has 0 aliphatic carbocycles. The lowest BCUT2D eigenvalue weighted by molar-refractivity contribution is -0.166. The van der Waals surface area contributed by atoms with E-state index in [9.17, 15) is 19.8 Å². The van der Waals surface area contributed by atoms with Crippen LogP contribution in [0.4, 0.5) is 0 Å². The number of phenols is 2. The van der Waals surface area contributed by atoms with E-state index in [4.69, 9.17) is 15.2 Å². The van der Waals surface area contributed by atoms with Crippen LogP contribution >= 0.6 is 0 Å². The Morgan fingerprint density at radius 1 is 1.21 bits per heavy atom. The van der Waals surface area contributed by atoms with Crippen LogP contribution in [0, 0.1) is 0 Å². The van der Waals surface area contributed by atoms with E-state index >= 15 is 0 Å². The van der Waals surface area contributed by atoms with Crippen molar-refractivity contribution < 1.29 is 29.3 Å². The predicted octanol–water partition coefficient (Wildman–Crippen LogP) is 1.63. The Balaban J connectivity index is 2.68. The summed E-state index contributed by atoms with van der Waals surface area (Å²) in [6.45, 7) is 7.22. The van der Waals surface area contributed by atoms with E-state index in [0.29, 0.717) is 18.5 Å². The fourth-order valence-electron chi connectivity index (χ4n) is 2.61. The average Bonchev–Trinajstić information content (AvgIpc) is 2.40. The van der Waals surface area contributed by atoms with Crippen LogP contribution in [0.25, 0.3) is 0 Å². The van der Waals surface area contributed by atoms with Gasteiger partial charge in [0.05, 0.1) is 0 Å². The zero-order valence-corrected chi connectivity index (χ0v) is 14.4. The average molecular weight is 339 g/mol. The Hall–Kier alpha value is -2.28. The van der Waals surface area contributed by atoms with Crippen molar-refractivity contribution in [2.45, 2.75) is 57.8 Å². The third kappa shape index (κ3) is 6.08. The summed E-state index contributed by atoms with van der Waals surface area (Å²) in [4.78, 5) is 22.7. The monoisotopic (exact) mass is 339 g/mol. The highest BCUT2D eigenvalue weighted by molar-refractivity contribution is 5.76. The number of rotatable bonds is 8. The second kappa shape index (κ2) is 7.53. The van der Waals surface area contributed by atoms with Gasteiger partial charge in [0.1, 0.15) is 17.2 Å². The molecule has 0 fully saturated rings. The molecular weight excluding hydrogens is 314 g/mol. The molecule has 1 atom stereocenters. The predicted molar refractivity (Wildman–Crippen MR) is 87.5 cm³/mol. The van der Waals surface area contributed by atoms with Crippen LogP contribution in [0.15, 0.2) is 18.2 Å². The van der Waals surface area contributed by atoms with E-state index in [1.165, 1.54) is 12.1 Å². The van der Waals surface area contributed by atoms with Gasteiger partial charge in [-0.2, -0.15) is 0 Å². The van der Waals surface area contributed by atoms with Gasteiger partial charge in [-0.25, -0.2) is 0 Å². The molecule has 7 nitrogen and oxygen atoms in total. The summed E-state index contributed by atoms with van der Waals surface area (Å²) in [5.74, 6) is -1.12. The summed E-state index contributed by atoms with van der Waals surface area (Å²) in [7, 11) is 0. The molecule has 1 aromatic carbocycles. The van der Waals surface area contributed by atoms with Gasteiger partial charge in [-0.3, -0.25) is 9.59 Å². The fraction of sp³-hybridized carbons (Fsp3) is 0.529. The minimum atomic E-state index is -0.927. The highest BCUT2D eigenvalue weighted by atomic mass is 16.6. The topological polar surface area (TPSA) is 119 Å². The van der Waals surface area contributed by atoms with Gasteiger partial charge in [0.15, 0.2) is 11.5 Å². The van der Waals surface area contributed by atoms with Crippen LogP contribution in [-0.4, -0.2) is 39.9 Å². The molecule has 134 valence electrons. The summed E-state index contributed by atoms with van der Waals surface area (Å²) in [6, 6.07) is 3.30. The van der Waals surface area contributed by atoms with Crippen molar-refractivity contribution in [2.75, 3.05) is 0 Å². The van der Waals surface area contributed by atoms with Gasteiger partial charge in [-0.05, 0) is 51.8 Å². The summed E-state index contributed by atoms with van der Waals surface area (Å²) < 4.78 is 10.4. The summed E-state index contributed by atoms with van der Waals surface area (Å²) in [6.07, 6.45) is 0.453. The number of carbonyl (C=O) groups excluding carboxylic acids is 2. The molecule has 0 radical (unpaired) electrons. The van der Waals surface area contributed by atoms with Crippen molar-refractivity contribution >= 4 is 12.4 Å². The molecule has 1 unspecified atom stereocenters. The zero-order chi connectivity index (χ0) is 18.5. The quantitative estimate of drug-likeness (QED) is 0.374. The van der Waals surface area contributed by atoms with E-state index < -0.39 is 23.2 Å². The highest BCUT2D eigenvalue weighted by Crippen LogP contribution is 2.27. The number of aromatic hydroxyl groups is 2. The Bertz CT molecular complexity index is 597. The van der Waals surface area contributed by atoms with Crippen molar-refractivity contribution in [3.05, 3.63) is 23.8 Å². The molecule has 0 saturated carbocycles. The summed E-state index contributed by atoms with van der Waals surface area (Å²) >= 11 is 0. The Morgan fingerprint density at radius 3 is 2.38 bits per heavy atom. The molecule has 0 saturated heterocycles. The van der Waals surface area contributed by atoms with Gasteiger partial charge in [-0.15, -0.1) is 0 Å². The van der Waals surface area contributed by atoms with Crippen LogP contribution < -0.4 is 5.73 Å². The van der Waals surface area contributed by atoms with Gasteiger partial charge >= 0.3 is 5.97 Å². The number of hydrogen-bond acceptors (Lipinski definition) is 7. The van der Waals surface area contributed by atoms with Gasteiger partial charge in [0, 0.05) is 6.42 Å². The number of esters is 1. The Labute approximate surface area is 141 Å². The first-order chi connectivity index (χ1) is 11.0. The van der Waals surface area contributed by atoms with E-state index in [-0.39, 0.29) is 17.9 Å². The Kier molecular flexibility index (Phi) is 6.20. The van der Waals surface area contributed by atoms with Gasteiger partial charge in [0.25, 0.3) is 6.47 Å². The largest absolute Gasteiger partial charge is 0.504 e. The molecule has 1 rings (SSSR count). The first-order valence-corrected chi connectivity index (χ1v) is 7.56.